The molecule has 0 amide bonds. The third-order valence-corrected chi connectivity index (χ3v) is 19.0. The van der Waals surface area contributed by atoms with Crippen LogP contribution in [0.25, 0.3) is 0 Å². The Kier molecular flexibility index (Phi) is 62.2. The van der Waals surface area contributed by atoms with Gasteiger partial charge in [-0.15, -0.1) is 0 Å². The Bertz CT molecular complexity index is 1830. The van der Waals surface area contributed by atoms with Crippen LogP contribution in [0.1, 0.15) is 370 Å². The highest BCUT2D eigenvalue weighted by Gasteiger charge is 2.30. The zero-order chi connectivity index (χ0) is 68.9. The van der Waals surface area contributed by atoms with Gasteiger partial charge in [0, 0.05) is 25.7 Å². The lowest BCUT2D eigenvalue weighted by Crippen LogP contribution is -2.30. The summed E-state index contributed by atoms with van der Waals surface area (Å²) in [5.41, 5.74) is 0. The van der Waals surface area contributed by atoms with Crippen molar-refractivity contribution in [2.75, 3.05) is 39.6 Å². The van der Waals surface area contributed by atoms with Gasteiger partial charge in [-0.25, -0.2) is 9.13 Å². The fourth-order valence-corrected chi connectivity index (χ4v) is 12.8. The number of esters is 4. The maximum absolute atomic E-state index is 13.1. The Hall–Kier alpha value is -1.94. The van der Waals surface area contributed by atoms with E-state index < -0.39 is 97.5 Å². The molecular weight excluding hydrogens is 1220 g/mol. The number of hydrogen-bond donors (Lipinski definition) is 3. The lowest BCUT2D eigenvalue weighted by molar-refractivity contribution is -0.161. The molecule has 0 aromatic rings. The van der Waals surface area contributed by atoms with Crippen LogP contribution in [0.3, 0.4) is 0 Å². The minimum atomic E-state index is -4.96. The van der Waals surface area contributed by atoms with Gasteiger partial charge in [-0.3, -0.25) is 37.3 Å². The van der Waals surface area contributed by atoms with Crippen molar-refractivity contribution in [3.63, 3.8) is 0 Å². The molecule has 0 aliphatic rings. The van der Waals surface area contributed by atoms with E-state index in [1.807, 2.05) is 0 Å². The molecule has 0 aromatic heterocycles. The molecule has 17 nitrogen and oxygen atoms in total. The fourth-order valence-electron chi connectivity index (χ4n) is 11.2. The van der Waals surface area contributed by atoms with Crippen molar-refractivity contribution in [2.45, 2.75) is 388 Å². The highest BCUT2D eigenvalue weighted by molar-refractivity contribution is 7.47. The van der Waals surface area contributed by atoms with Gasteiger partial charge < -0.3 is 33.8 Å². The van der Waals surface area contributed by atoms with E-state index in [0.29, 0.717) is 31.6 Å². The number of phosphoric acid groups is 2. The molecule has 0 aromatic carbocycles. The van der Waals surface area contributed by atoms with E-state index in [1.165, 1.54) is 167 Å². The van der Waals surface area contributed by atoms with Crippen LogP contribution in [0.15, 0.2) is 0 Å². The van der Waals surface area contributed by atoms with Gasteiger partial charge in [0.15, 0.2) is 12.2 Å². The average Bonchev–Trinajstić information content (AvgIpc) is 2.27. The van der Waals surface area contributed by atoms with Gasteiger partial charge in [0.05, 0.1) is 26.4 Å². The van der Waals surface area contributed by atoms with Gasteiger partial charge in [-0.05, 0) is 49.4 Å². The van der Waals surface area contributed by atoms with Gasteiger partial charge in [-0.2, -0.15) is 0 Å². The van der Waals surface area contributed by atoms with Crippen LogP contribution in [0.4, 0.5) is 0 Å². The summed E-state index contributed by atoms with van der Waals surface area (Å²) in [4.78, 5) is 72.7. The molecule has 0 bridgehead atoms. The first-order valence-corrected chi connectivity index (χ1v) is 41.2. The molecule has 552 valence electrons. The molecule has 0 rings (SSSR count). The molecule has 0 aliphatic heterocycles. The van der Waals surface area contributed by atoms with Crippen LogP contribution in [0.5, 0.6) is 0 Å². The molecule has 19 heteroatoms. The number of rotatable bonds is 71. The van der Waals surface area contributed by atoms with Crippen LogP contribution in [-0.2, 0) is 65.4 Å². The monoisotopic (exact) mass is 1370 g/mol. The predicted octanol–water partition coefficient (Wildman–Crippen LogP) is 21.3. The van der Waals surface area contributed by atoms with Crippen molar-refractivity contribution in [3.05, 3.63) is 0 Å². The maximum atomic E-state index is 13.1. The molecule has 0 heterocycles. The normalized spacial score (nSPS) is 14.2. The molecule has 0 saturated heterocycles. The Balaban J connectivity index is 5.22. The molecule has 0 aliphatic carbocycles. The summed E-state index contributed by atoms with van der Waals surface area (Å²) in [5.74, 6) is 0.859. The zero-order valence-corrected chi connectivity index (χ0v) is 62.7. The highest BCUT2D eigenvalue weighted by Crippen LogP contribution is 2.45. The number of ether oxygens (including phenoxy) is 4. The van der Waals surface area contributed by atoms with Crippen LogP contribution >= 0.6 is 15.6 Å². The van der Waals surface area contributed by atoms with Gasteiger partial charge in [-0.1, -0.05) is 319 Å². The molecule has 2 unspecified atom stereocenters. The Labute approximate surface area is 568 Å². The largest absolute Gasteiger partial charge is 0.472 e. The quantitative estimate of drug-likeness (QED) is 0.0222. The predicted molar refractivity (Wildman–Crippen MR) is 377 cm³/mol. The van der Waals surface area contributed by atoms with E-state index in [0.717, 1.165) is 114 Å². The molecule has 93 heavy (non-hydrogen) atoms. The van der Waals surface area contributed by atoms with Crippen molar-refractivity contribution in [1.82, 2.24) is 0 Å². The smallest absolute Gasteiger partial charge is 0.462 e. The number of unbranched alkanes of at least 4 members (excludes halogenated alkanes) is 37. The Morgan fingerprint density at radius 1 is 0.269 bits per heavy atom. The van der Waals surface area contributed by atoms with E-state index in [9.17, 15) is 43.2 Å². The first-order valence-electron chi connectivity index (χ1n) is 38.2. The fraction of sp³-hybridized carbons (Fsp3) is 0.946. The van der Waals surface area contributed by atoms with Gasteiger partial charge in [0.2, 0.25) is 0 Å². The summed E-state index contributed by atoms with van der Waals surface area (Å²) in [7, 11) is -9.91. The van der Waals surface area contributed by atoms with Crippen molar-refractivity contribution in [1.29, 1.82) is 0 Å². The molecular formula is C74H144O17P2. The summed E-state index contributed by atoms with van der Waals surface area (Å²) in [5, 5.41) is 10.6. The minimum Gasteiger partial charge on any atom is -0.462 e. The number of aliphatic hydroxyl groups excluding tert-OH is 1. The van der Waals surface area contributed by atoms with E-state index in [1.54, 1.807) is 0 Å². The standard InChI is InChI=1S/C74H144O17P2/c1-64(2)50-42-34-26-20-15-13-11-9-10-12-14-16-23-30-40-48-56-73(78)90-69(60-84-71(76)54-46-38-29-25-19-22-28-36-44-52-66(5)6)62-88-92(80,81)86-58-68(75)59-87-93(82,83)89-63-70(61-85-72(77)55-47-39-33-32-37-45-53-67(7)8)91-74(79)57-49-41-31-24-18-17-21-27-35-43-51-65(3)4/h64-70,75H,9-63H2,1-8H3,(H,80,81)(H,82,83)/t68-,69-,70-/m1/s1. The third-order valence-electron chi connectivity index (χ3n) is 17.1. The van der Waals surface area contributed by atoms with Gasteiger partial charge >= 0.3 is 39.5 Å². The Morgan fingerprint density at radius 2 is 0.452 bits per heavy atom. The molecule has 5 atom stereocenters. The highest BCUT2D eigenvalue weighted by atomic mass is 31.2. The molecule has 3 N–H and O–H groups in total. The van der Waals surface area contributed by atoms with Gasteiger partial charge in [0.25, 0.3) is 0 Å². The summed E-state index contributed by atoms with van der Waals surface area (Å²) in [6.45, 7) is 14.1. The number of carbonyl (C=O) groups excluding carboxylic acids is 4. The number of hydrogen-bond acceptors (Lipinski definition) is 15. The first-order chi connectivity index (χ1) is 44.6. The third kappa shape index (κ3) is 68.4. The maximum Gasteiger partial charge on any atom is 0.472 e. The molecule has 0 spiro atoms. The van der Waals surface area contributed by atoms with Crippen molar-refractivity contribution < 1.29 is 80.2 Å². The lowest BCUT2D eigenvalue weighted by Gasteiger charge is -2.21. The summed E-state index contributed by atoms with van der Waals surface area (Å²) >= 11 is 0. The van der Waals surface area contributed by atoms with Crippen LogP contribution in [0.2, 0.25) is 0 Å². The second-order valence-corrected chi connectivity index (χ2v) is 31.5. The topological polar surface area (TPSA) is 237 Å². The first kappa shape index (κ1) is 91.1. The molecule has 0 radical (unpaired) electrons. The summed E-state index contributed by atoms with van der Waals surface area (Å²) in [6.07, 6.45) is 47.4. The van der Waals surface area contributed by atoms with Crippen molar-refractivity contribution in [3.8, 4) is 0 Å². The van der Waals surface area contributed by atoms with Crippen LogP contribution in [0, 0.1) is 23.7 Å². The van der Waals surface area contributed by atoms with E-state index in [-0.39, 0.29) is 25.7 Å². The average molecular weight is 1370 g/mol. The summed E-state index contributed by atoms with van der Waals surface area (Å²) < 4.78 is 68.4. The molecule has 0 fully saturated rings. The number of aliphatic hydroxyl groups is 1. The minimum absolute atomic E-state index is 0.104. The summed E-state index contributed by atoms with van der Waals surface area (Å²) in [6, 6.07) is 0. The van der Waals surface area contributed by atoms with Gasteiger partial charge in [0.1, 0.15) is 19.3 Å². The zero-order valence-electron chi connectivity index (χ0n) is 60.9. The van der Waals surface area contributed by atoms with Crippen molar-refractivity contribution >= 4 is 39.5 Å². The van der Waals surface area contributed by atoms with E-state index in [4.69, 9.17) is 37.0 Å². The number of phosphoric ester groups is 2. The second kappa shape index (κ2) is 63.5. The second-order valence-electron chi connectivity index (χ2n) is 28.6. The van der Waals surface area contributed by atoms with Crippen LogP contribution < -0.4 is 0 Å². The van der Waals surface area contributed by atoms with Crippen LogP contribution in [-0.4, -0.2) is 96.7 Å². The van der Waals surface area contributed by atoms with E-state index in [2.05, 4.69) is 55.4 Å². The lowest BCUT2D eigenvalue weighted by atomic mass is 10.0. The number of carbonyl (C=O) groups is 4. The SMILES string of the molecule is CC(C)CCCCCCCCCCCCCCCCCCC(=O)O[C@H](COC(=O)CCCCCCCCCCCC(C)C)COP(=O)(O)OC[C@@H](O)COP(=O)(O)OC[C@@H](COC(=O)CCCCCCCCC(C)C)OC(=O)CCCCCCCCCCCCC(C)C. The Morgan fingerprint density at radius 3 is 0.667 bits per heavy atom. The van der Waals surface area contributed by atoms with Crippen molar-refractivity contribution in [2.24, 2.45) is 23.7 Å². The van der Waals surface area contributed by atoms with E-state index >= 15 is 0 Å². The molecule has 0 saturated carbocycles.